The Labute approximate surface area is 83.9 Å². The van der Waals surface area contributed by atoms with Gasteiger partial charge in [0.2, 0.25) is 0 Å². The summed E-state index contributed by atoms with van der Waals surface area (Å²) in [5.74, 6) is 0.882. The standard InChI is InChI=1S/C12H13Cl/c1-8-7-12(8)6-5-9-10(12)3-2-4-11(9)13/h2-4,8H,5-7H2,1H3. The monoisotopic (exact) mass is 192 g/mol. The fourth-order valence-corrected chi connectivity index (χ4v) is 3.24. The predicted octanol–water partition coefficient (Wildman–Crippen LogP) is 3.56. The molecule has 1 aromatic carbocycles. The summed E-state index contributed by atoms with van der Waals surface area (Å²) in [5.41, 5.74) is 3.52. The Morgan fingerprint density at radius 2 is 2.23 bits per heavy atom. The average molecular weight is 193 g/mol. The first kappa shape index (κ1) is 7.87. The van der Waals surface area contributed by atoms with Gasteiger partial charge in [-0.3, -0.25) is 0 Å². The molecule has 2 atom stereocenters. The highest BCUT2D eigenvalue weighted by molar-refractivity contribution is 6.31. The average Bonchev–Trinajstić information content (AvgIpc) is 2.57. The lowest BCUT2D eigenvalue weighted by Gasteiger charge is -2.09. The van der Waals surface area contributed by atoms with Crippen LogP contribution >= 0.6 is 11.6 Å². The first-order chi connectivity index (χ1) is 6.24. The van der Waals surface area contributed by atoms with Crippen LogP contribution in [0.15, 0.2) is 18.2 Å². The molecule has 2 aliphatic rings. The summed E-state index contributed by atoms with van der Waals surface area (Å²) in [6.07, 6.45) is 3.90. The van der Waals surface area contributed by atoms with E-state index in [-0.39, 0.29) is 0 Å². The molecule has 0 aliphatic heterocycles. The molecule has 2 aliphatic carbocycles. The third kappa shape index (κ3) is 0.874. The van der Waals surface area contributed by atoms with E-state index in [0.29, 0.717) is 5.41 Å². The molecule has 0 nitrogen and oxygen atoms in total. The van der Waals surface area contributed by atoms with E-state index in [9.17, 15) is 0 Å². The molecule has 1 saturated carbocycles. The molecule has 0 radical (unpaired) electrons. The summed E-state index contributed by atoms with van der Waals surface area (Å²) in [6, 6.07) is 6.39. The normalized spacial score (nSPS) is 35.1. The minimum absolute atomic E-state index is 0.542. The molecule has 1 heteroatoms. The fraction of sp³-hybridized carbons (Fsp3) is 0.500. The lowest BCUT2D eigenvalue weighted by molar-refractivity contribution is 0.623. The van der Waals surface area contributed by atoms with Gasteiger partial charge in [0.15, 0.2) is 0 Å². The molecular formula is C12H13Cl. The summed E-state index contributed by atoms with van der Waals surface area (Å²) in [7, 11) is 0. The Balaban J connectivity index is 2.18. The third-order valence-corrected chi connectivity index (χ3v) is 4.28. The van der Waals surface area contributed by atoms with Gasteiger partial charge in [-0.15, -0.1) is 0 Å². The van der Waals surface area contributed by atoms with Crippen molar-refractivity contribution in [1.29, 1.82) is 0 Å². The zero-order chi connectivity index (χ0) is 9.05. The molecule has 1 aromatic rings. The smallest absolute Gasteiger partial charge is 0.0440 e. The van der Waals surface area contributed by atoms with E-state index in [1.54, 1.807) is 5.56 Å². The van der Waals surface area contributed by atoms with E-state index >= 15 is 0 Å². The zero-order valence-electron chi connectivity index (χ0n) is 7.81. The molecule has 13 heavy (non-hydrogen) atoms. The van der Waals surface area contributed by atoms with Gasteiger partial charge in [0.05, 0.1) is 0 Å². The van der Waals surface area contributed by atoms with Crippen molar-refractivity contribution in [2.24, 2.45) is 5.92 Å². The molecule has 0 heterocycles. The first-order valence-electron chi connectivity index (χ1n) is 5.02. The Morgan fingerprint density at radius 3 is 2.92 bits per heavy atom. The van der Waals surface area contributed by atoms with Crippen LogP contribution < -0.4 is 0 Å². The highest BCUT2D eigenvalue weighted by Crippen LogP contribution is 2.61. The molecule has 0 aromatic heterocycles. The Kier molecular flexibility index (Phi) is 1.39. The van der Waals surface area contributed by atoms with Gasteiger partial charge in [0, 0.05) is 5.02 Å². The van der Waals surface area contributed by atoms with Gasteiger partial charge in [0.25, 0.3) is 0 Å². The van der Waals surface area contributed by atoms with E-state index in [1.807, 2.05) is 6.07 Å². The fourth-order valence-electron chi connectivity index (χ4n) is 2.97. The highest BCUT2D eigenvalue weighted by atomic mass is 35.5. The Morgan fingerprint density at radius 1 is 1.46 bits per heavy atom. The maximum Gasteiger partial charge on any atom is 0.0440 e. The minimum atomic E-state index is 0.542. The van der Waals surface area contributed by atoms with E-state index < -0.39 is 0 Å². The van der Waals surface area contributed by atoms with Gasteiger partial charge in [-0.1, -0.05) is 30.7 Å². The van der Waals surface area contributed by atoms with Crippen molar-refractivity contribution in [1.82, 2.24) is 0 Å². The molecule has 0 amide bonds. The molecule has 1 spiro atoms. The van der Waals surface area contributed by atoms with Crippen molar-refractivity contribution in [2.75, 3.05) is 0 Å². The highest BCUT2D eigenvalue weighted by Gasteiger charge is 2.55. The summed E-state index contributed by atoms with van der Waals surface area (Å²) in [4.78, 5) is 0. The van der Waals surface area contributed by atoms with Crippen molar-refractivity contribution >= 4 is 11.6 Å². The van der Waals surface area contributed by atoms with Crippen LogP contribution in [-0.2, 0) is 11.8 Å². The maximum atomic E-state index is 6.17. The molecule has 0 saturated heterocycles. The summed E-state index contributed by atoms with van der Waals surface area (Å²) < 4.78 is 0. The molecule has 3 rings (SSSR count). The second kappa shape index (κ2) is 2.30. The number of halogens is 1. The maximum absolute atomic E-state index is 6.17. The Bertz CT molecular complexity index is 369. The number of hydrogen-bond donors (Lipinski definition) is 0. The van der Waals surface area contributed by atoms with Crippen LogP contribution in [0.5, 0.6) is 0 Å². The van der Waals surface area contributed by atoms with Crippen molar-refractivity contribution in [2.45, 2.75) is 31.6 Å². The van der Waals surface area contributed by atoms with Crippen LogP contribution in [-0.4, -0.2) is 0 Å². The Hall–Kier alpha value is -0.490. The predicted molar refractivity (Wildman–Crippen MR) is 55.2 cm³/mol. The minimum Gasteiger partial charge on any atom is -0.0840 e. The van der Waals surface area contributed by atoms with Crippen LogP contribution in [0.3, 0.4) is 0 Å². The first-order valence-corrected chi connectivity index (χ1v) is 5.40. The van der Waals surface area contributed by atoms with Gasteiger partial charge in [-0.05, 0) is 47.8 Å². The van der Waals surface area contributed by atoms with Crippen LogP contribution in [0.2, 0.25) is 5.02 Å². The lowest BCUT2D eigenvalue weighted by Crippen LogP contribution is -2.02. The van der Waals surface area contributed by atoms with Gasteiger partial charge in [-0.2, -0.15) is 0 Å². The second-order valence-corrected chi connectivity index (χ2v) is 4.93. The van der Waals surface area contributed by atoms with Gasteiger partial charge in [-0.25, -0.2) is 0 Å². The van der Waals surface area contributed by atoms with E-state index in [0.717, 1.165) is 10.9 Å². The van der Waals surface area contributed by atoms with E-state index in [4.69, 9.17) is 11.6 Å². The SMILES string of the molecule is CC1CC12CCc1c(Cl)cccc12. The zero-order valence-corrected chi connectivity index (χ0v) is 8.56. The topological polar surface area (TPSA) is 0 Å². The number of fused-ring (bicyclic) bond motifs is 2. The van der Waals surface area contributed by atoms with Crippen LogP contribution in [0.1, 0.15) is 30.9 Å². The summed E-state index contributed by atoms with van der Waals surface area (Å²) >= 11 is 6.17. The largest absolute Gasteiger partial charge is 0.0840 e. The van der Waals surface area contributed by atoms with E-state index in [1.165, 1.54) is 24.8 Å². The van der Waals surface area contributed by atoms with Crippen LogP contribution in [0.4, 0.5) is 0 Å². The van der Waals surface area contributed by atoms with Gasteiger partial charge in [0.1, 0.15) is 0 Å². The van der Waals surface area contributed by atoms with Crippen molar-refractivity contribution < 1.29 is 0 Å². The molecule has 68 valence electrons. The van der Waals surface area contributed by atoms with Crippen molar-refractivity contribution in [3.63, 3.8) is 0 Å². The quantitative estimate of drug-likeness (QED) is 0.590. The van der Waals surface area contributed by atoms with Crippen LogP contribution in [0.25, 0.3) is 0 Å². The van der Waals surface area contributed by atoms with Gasteiger partial charge >= 0.3 is 0 Å². The summed E-state index contributed by atoms with van der Waals surface area (Å²) in [5, 5.41) is 0.980. The second-order valence-electron chi connectivity index (χ2n) is 4.53. The van der Waals surface area contributed by atoms with E-state index in [2.05, 4.69) is 19.1 Å². The molecule has 0 N–H and O–H groups in total. The van der Waals surface area contributed by atoms with Crippen molar-refractivity contribution in [3.05, 3.63) is 34.3 Å². The molecule has 1 fully saturated rings. The number of benzene rings is 1. The molecule has 0 bridgehead atoms. The number of hydrogen-bond acceptors (Lipinski definition) is 0. The van der Waals surface area contributed by atoms with Crippen LogP contribution in [0, 0.1) is 5.92 Å². The number of rotatable bonds is 0. The van der Waals surface area contributed by atoms with Gasteiger partial charge < -0.3 is 0 Å². The van der Waals surface area contributed by atoms with Crippen molar-refractivity contribution in [3.8, 4) is 0 Å². The third-order valence-electron chi connectivity index (χ3n) is 3.93. The lowest BCUT2D eigenvalue weighted by atomic mass is 9.96. The molecule has 2 unspecified atom stereocenters. The summed E-state index contributed by atoms with van der Waals surface area (Å²) in [6.45, 7) is 2.36. The molecular weight excluding hydrogens is 180 g/mol.